The predicted octanol–water partition coefficient (Wildman–Crippen LogP) is 1.02. The maximum atomic E-state index is 11.5. The standard InChI is InChI=1S/C6H7BrF3NO2/c7-3-4(12)1-2-11-5(13)6(8,9)10/h1-3H2,(H,11,13). The molecule has 0 unspecified atom stereocenters. The molecule has 0 bridgehead atoms. The summed E-state index contributed by atoms with van der Waals surface area (Å²) in [5.41, 5.74) is 0. The zero-order valence-corrected chi connectivity index (χ0v) is 8.04. The molecule has 0 aromatic carbocycles. The SMILES string of the molecule is O=C(CBr)CCNC(=O)C(F)(F)F. The first kappa shape index (κ1) is 12.4. The molecule has 0 saturated carbocycles. The summed E-state index contributed by atoms with van der Waals surface area (Å²) in [6.07, 6.45) is -4.98. The zero-order chi connectivity index (χ0) is 10.5. The van der Waals surface area contributed by atoms with Crippen LogP contribution >= 0.6 is 15.9 Å². The fourth-order valence-corrected chi connectivity index (χ4v) is 0.763. The Morgan fingerprint density at radius 2 is 1.85 bits per heavy atom. The Morgan fingerprint density at radius 1 is 1.31 bits per heavy atom. The molecule has 76 valence electrons. The topological polar surface area (TPSA) is 46.2 Å². The van der Waals surface area contributed by atoms with Gasteiger partial charge in [-0.1, -0.05) is 15.9 Å². The largest absolute Gasteiger partial charge is 0.471 e. The average Bonchev–Trinajstić information content (AvgIpc) is 2.02. The molecule has 0 atom stereocenters. The normalized spacial score (nSPS) is 11.1. The number of amides is 1. The van der Waals surface area contributed by atoms with Crippen LogP contribution in [0.4, 0.5) is 13.2 Å². The van der Waals surface area contributed by atoms with Crippen LogP contribution in [0.5, 0.6) is 0 Å². The van der Waals surface area contributed by atoms with Crippen LogP contribution in [0.1, 0.15) is 6.42 Å². The highest BCUT2D eigenvalue weighted by atomic mass is 79.9. The molecular formula is C6H7BrF3NO2. The van der Waals surface area contributed by atoms with Gasteiger partial charge in [0, 0.05) is 13.0 Å². The second-order valence-electron chi connectivity index (χ2n) is 2.18. The first-order chi connectivity index (χ1) is 5.88. The highest BCUT2D eigenvalue weighted by Gasteiger charge is 2.38. The first-order valence-corrected chi connectivity index (χ1v) is 4.42. The van der Waals surface area contributed by atoms with Gasteiger partial charge in [-0.2, -0.15) is 13.2 Å². The molecule has 0 spiro atoms. The van der Waals surface area contributed by atoms with Crippen molar-refractivity contribution < 1.29 is 22.8 Å². The number of Topliss-reactive ketones (excluding diaryl/α,β-unsaturated/α-hetero) is 1. The predicted molar refractivity (Wildman–Crippen MR) is 42.5 cm³/mol. The van der Waals surface area contributed by atoms with Gasteiger partial charge in [0.05, 0.1) is 5.33 Å². The van der Waals surface area contributed by atoms with Gasteiger partial charge in [-0.15, -0.1) is 0 Å². The summed E-state index contributed by atoms with van der Waals surface area (Å²) in [5.74, 6) is -2.28. The van der Waals surface area contributed by atoms with Crippen LogP contribution in [0.15, 0.2) is 0 Å². The van der Waals surface area contributed by atoms with Crippen molar-refractivity contribution in [2.45, 2.75) is 12.6 Å². The number of carbonyl (C=O) groups excluding carboxylic acids is 2. The van der Waals surface area contributed by atoms with E-state index in [1.807, 2.05) is 0 Å². The minimum atomic E-state index is -4.88. The minimum absolute atomic E-state index is 0.0783. The van der Waals surface area contributed by atoms with Crippen molar-refractivity contribution in [1.29, 1.82) is 0 Å². The first-order valence-electron chi connectivity index (χ1n) is 3.30. The maximum Gasteiger partial charge on any atom is 0.471 e. The lowest BCUT2D eigenvalue weighted by molar-refractivity contribution is -0.173. The Labute approximate surface area is 80.8 Å². The van der Waals surface area contributed by atoms with Crippen molar-refractivity contribution in [3.05, 3.63) is 0 Å². The molecule has 0 aliphatic rings. The zero-order valence-electron chi connectivity index (χ0n) is 6.45. The molecule has 3 nitrogen and oxygen atoms in total. The van der Waals surface area contributed by atoms with Gasteiger partial charge in [-0.3, -0.25) is 9.59 Å². The van der Waals surface area contributed by atoms with Gasteiger partial charge in [0.1, 0.15) is 5.78 Å². The number of alkyl halides is 4. The molecule has 0 aromatic heterocycles. The quantitative estimate of drug-likeness (QED) is 0.769. The van der Waals surface area contributed by atoms with E-state index in [1.165, 1.54) is 0 Å². The number of ketones is 1. The maximum absolute atomic E-state index is 11.5. The van der Waals surface area contributed by atoms with E-state index < -0.39 is 12.1 Å². The lowest BCUT2D eigenvalue weighted by Crippen LogP contribution is -2.37. The van der Waals surface area contributed by atoms with Crippen molar-refractivity contribution in [1.82, 2.24) is 5.32 Å². The molecule has 13 heavy (non-hydrogen) atoms. The second kappa shape index (κ2) is 5.21. The van der Waals surface area contributed by atoms with E-state index >= 15 is 0 Å². The summed E-state index contributed by atoms with van der Waals surface area (Å²) in [4.78, 5) is 20.7. The average molecular weight is 262 g/mol. The van der Waals surface area contributed by atoms with E-state index in [-0.39, 0.29) is 24.1 Å². The van der Waals surface area contributed by atoms with E-state index in [9.17, 15) is 22.8 Å². The van der Waals surface area contributed by atoms with Gasteiger partial charge in [-0.05, 0) is 0 Å². The minimum Gasteiger partial charge on any atom is -0.348 e. The molecule has 0 radical (unpaired) electrons. The number of rotatable bonds is 4. The third-order valence-corrected chi connectivity index (χ3v) is 1.72. The fraction of sp³-hybridized carbons (Fsp3) is 0.667. The Hall–Kier alpha value is -0.590. The molecule has 0 heterocycles. The molecule has 1 amide bonds. The van der Waals surface area contributed by atoms with E-state index in [4.69, 9.17) is 0 Å². The highest BCUT2D eigenvalue weighted by Crippen LogP contribution is 2.13. The van der Waals surface area contributed by atoms with E-state index in [0.717, 1.165) is 0 Å². The highest BCUT2D eigenvalue weighted by molar-refractivity contribution is 9.09. The number of hydrogen-bond acceptors (Lipinski definition) is 2. The van der Waals surface area contributed by atoms with Crippen molar-refractivity contribution in [2.75, 3.05) is 11.9 Å². The summed E-state index contributed by atoms with van der Waals surface area (Å²) in [5, 5.41) is 1.66. The third kappa shape index (κ3) is 5.62. The van der Waals surface area contributed by atoms with Crippen LogP contribution in [-0.4, -0.2) is 29.7 Å². The third-order valence-electron chi connectivity index (χ3n) is 1.10. The van der Waals surface area contributed by atoms with E-state index in [1.54, 1.807) is 5.32 Å². The summed E-state index contributed by atoms with van der Waals surface area (Å²) in [6.45, 7) is -0.289. The van der Waals surface area contributed by atoms with Crippen molar-refractivity contribution in [3.63, 3.8) is 0 Å². The molecule has 7 heteroatoms. The second-order valence-corrected chi connectivity index (χ2v) is 2.74. The van der Waals surface area contributed by atoms with Gasteiger partial charge < -0.3 is 5.32 Å². The van der Waals surface area contributed by atoms with Gasteiger partial charge in [0.15, 0.2) is 0 Å². The van der Waals surface area contributed by atoms with Gasteiger partial charge in [0.25, 0.3) is 0 Å². The number of carbonyl (C=O) groups is 2. The molecule has 0 fully saturated rings. The van der Waals surface area contributed by atoms with Crippen LogP contribution in [0.25, 0.3) is 0 Å². The summed E-state index contributed by atoms with van der Waals surface area (Å²) in [7, 11) is 0. The molecule has 0 saturated heterocycles. The van der Waals surface area contributed by atoms with Crippen LogP contribution in [0.3, 0.4) is 0 Å². The lowest BCUT2D eigenvalue weighted by Gasteiger charge is -2.06. The molecule has 0 aliphatic heterocycles. The molecule has 0 aromatic rings. The molecule has 1 N–H and O–H groups in total. The van der Waals surface area contributed by atoms with Crippen molar-refractivity contribution in [3.8, 4) is 0 Å². The van der Waals surface area contributed by atoms with E-state index in [0.29, 0.717) is 0 Å². The van der Waals surface area contributed by atoms with Crippen LogP contribution in [-0.2, 0) is 9.59 Å². The molecule has 0 rings (SSSR count). The van der Waals surface area contributed by atoms with Crippen molar-refractivity contribution in [2.24, 2.45) is 0 Å². The molecular weight excluding hydrogens is 255 g/mol. The van der Waals surface area contributed by atoms with Gasteiger partial charge >= 0.3 is 12.1 Å². The summed E-state index contributed by atoms with van der Waals surface area (Å²) >= 11 is 2.84. The monoisotopic (exact) mass is 261 g/mol. The Morgan fingerprint density at radius 3 is 2.23 bits per heavy atom. The smallest absolute Gasteiger partial charge is 0.348 e. The van der Waals surface area contributed by atoms with Crippen molar-refractivity contribution >= 4 is 27.6 Å². The van der Waals surface area contributed by atoms with E-state index in [2.05, 4.69) is 15.9 Å². The van der Waals surface area contributed by atoms with Crippen LogP contribution in [0, 0.1) is 0 Å². The Bertz CT molecular complexity index is 205. The number of nitrogens with one attached hydrogen (secondary N) is 1. The lowest BCUT2D eigenvalue weighted by atomic mass is 10.3. The number of hydrogen-bond donors (Lipinski definition) is 1. The Kier molecular flexibility index (Phi) is 4.97. The number of halogens is 4. The summed E-state index contributed by atoms with van der Waals surface area (Å²) < 4.78 is 34.6. The van der Waals surface area contributed by atoms with Crippen LogP contribution < -0.4 is 5.32 Å². The van der Waals surface area contributed by atoms with Crippen LogP contribution in [0.2, 0.25) is 0 Å². The molecule has 0 aliphatic carbocycles. The van der Waals surface area contributed by atoms with Gasteiger partial charge in [-0.25, -0.2) is 0 Å². The Balaban J connectivity index is 3.67. The summed E-state index contributed by atoms with van der Waals surface area (Å²) in [6, 6.07) is 0. The van der Waals surface area contributed by atoms with Gasteiger partial charge in [0.2, 0.25) is 0 Å². The fourth-order valence-electron chi connectivity index (χ4n) is 0.482.